The van der Waals surface area contributed by atoms with Crippen LogP contribution in [0.25, 0.3) is 0 Å². The van der Waals surface area contributed by atoms with Crippen molar-refractivity contribution >= 4 is 5.78 Å². The van der Waals surface area contributed by atoms with Crippen molar-refractivity contribution in [1.82, 2.24) is 0 Å². The molecule has 96 valence electrons. The molecule has 0 fully saturated rings. The van der Waals surface area contributed by atoms with Crippen LogP contribution in [0, 0.1) is 11.3 Å². The lowest BCUT2D eigenvalue weighted by molar-refractivity contribution is -0.137. The fraction of sp³-hybridized carbons (Fsp3) is 0.385. The van der Waals surface area contributed by atoms with Crippen molar-refractivity contribution in [3.63, 3.8) is 0 Å². The van der Waals surface area contributed by atoms with Gasteiger partial charge in [-0.1, -0.05) is 25.1 Å². The van der Waals surface area contributed by atoms with E-state index in [-0.39, 0.29) is 17.8 Å². The summed E-state index contributed by atoms with van der Waals surface area (Å²) < 4.78 is 37.5. The summed E-state index contributed by atoms with van der Waals surface area (Å²) in [6.07, 6.45) is -3.71. The maximum absolute atomic E-state index is 12.5. The number of halogens is 3. The Kier molecular flexibility index (Phi) is 4.49. The number of nitrogens with zero attached hydrogens (tertiary/aromatic N) is 1. The first-order valence-corrected chi connectivity index (χ1v) is 5.49. The Bertz CT molecular complexity index is 474. The topological polar surface area (TPSA) is 40.9 Å². The van der Waals surface area contributed by atoms with E-state index in [0.717, 1.165) is 12.1 Å². The molecule has 0 heterocycles. The maximum atomic E-state index is 12.5. The Hall–Kier alpha value is -1.83. The summed E-state index contributed by atoms with van der Waals surface area (Å²) in [5, 5.41) is 8.92. The normalized spacial score (nSPS) is 12.8. The predicted octanol–water partition coefficient (Wildman–Crippen LogP) is 3.68. The molecule has 0 radical (unpaired) electrons. The van der Waals surface area contributed by atoms with Crippen molar-refractivity contribution < 1.29 is 18.0 Å². The van der Waals surface area contributed by atoms with Gasteiger partial charge in [-0.3, -0.25) is 4.79 Å². The number of benzene rings is 1. The fourth-order valence-electron chi connectivity index (χ4n) is 1.62. The minimum atomic E-state index is -4.47. The van der Waals surface area contributed by atoms with Crippen LogP contribution in [0.3, 0.4) is 0 Å². The molecule has 1 aromatic rings. The van der Waals surface area contributed by atoms with Crippen molar-refractivity contribution in [1.29, 1.82) is 5.26 Å². The number of hydrogen-bond acceptors (Lipinski definition) is 2. The summed E-state index contributed by atoms with van der Waals surface area (Å²) in [4.78, 5) is 11.6. The molecule has 1 aromatic carbocycles. The first-order valence-electron chi connectivity index (χ1n) is 5.49. The summed E-state index contributed by atoms with van der Waals surface area (Å²) in [6, 6.07) is 6.13. The molecule has 0 aliphatic heterocycles. The average Bonchev–Trinajstić information content (AvgIpc) is 2.29. The zero-order valence-electron chi connectivity index (χ0n) is 9.79. The van der Waals surface area contributed by atoms with E-state index in [0.29, 0.717) is 6.42 Å². The summed E-state index contributed by atoms with van der Waals surface area (Å²) in [5.41, 5.74) is -0.740. The first kappa shape index (κ1) is 14.2. The highest BCUT2D eigenvalue weighted by Crippen LogP contribution is 2.31. The third kappa shape index (κ3) is 3.33. The highest BCUT2D eigenvalue weighted by atomic mass is 19.4. The van der Waals surface area contributed by atoms with E-state index in [2.05, 4.69) is 0 Å². The summed E-state index contributed by atoms with van der Waals surface area (Å²) in [7, 11) is 0. The lowest BCUT2D eigenvalue weighted by Crippen LogP contribution is -2.12. The second-order valence-electron chi connectivity index (χ2n) is 3.90. The Morgan fingerprint density at radius 1 is 1.44 bits per heavy atom. The molecule has 1 rings (SSSR count). The van der Waals surface area contributed by atoms with Crippen LogP contribution >= 0.6 is 0 Å². The quantitative estimate of drug-likeness (QED) is 0.823. The lowest BCUT2D eigenvalue weighted by atomic mass is 9.92. The van der Waals surface area contributed by atoms with Gasteiger partial charge in [0.2, 0.25) is 0 Å². The Morgan fingerprint density at radius 3 is 2.61 bits per heavy atom. The van der Waals surface area contributed by atoms with Gasteiger partial charge in [0, 0.05) is 6.42 Å². The van der Waals surface area contributed by atoms with Crippen molar-refractivity contribution in [2.75, 3.05) is 0 Å². The second-order valence-corrected chi connectivity index (χ2v) is 3.90. The second kappa shape index (κ2) is 5.67. The number of ketones is 1. The summed E-state index contributed by atoms with van der Waals surface area (Å²) in [5.74, 6) is -1.47. The minimum absolute atomic E-state index is 0.103. The molecular formula is C13H12F3NO. The monoisotopic (exact) mass is 255 g/mol. The number of carbonyl (C=O) groups is 1. The lowest BCUT2D eigenvalue weighted by Gasteiger charge is -2.11. The molecule has 0 saturated heterocycles. The number of carbonyl (C=O) groups excluding carboxylic acids is 1. The van der Waals surface area contributed by atoms with E-state index in [1.165, 1.54) is 12.1 Å². The molecule has 0 amide bonds. The van der Waals surface area contributed by atoms with Gasteiger partial charge in [0.05, 0.1) is 11.6 Å². The third-order valence-electron chi connectivity index (χ3n) is 2.49. The van der Waals surface area contributed by atoms with Gasteiger partial charge >= 0.3 is 6.18 Å². The maximum Gasteiger partial charge on any atom is 0.416 e. The van der Waals surface area contributed by atoms with Gasteiger partial charge in [0.25, 0.3) is 0 Å². The predicted molar refractivity (Wildman–Crippen MR) is 59.7 cm³/mol. The van der Waals surface area contributed by atoms with E-state index in [4.69, 9.17) is 5.26 Å². The number of hydrogen-bond donors (Lipinski definition) is 0. The van der Waals surface area contributed by atoms with Crippen LogP contribution < -0.4 is 0 Å². The van der Waals surface area contributed by atoms with E-state index in [1.807, 2.05) is 0 Å². The van der Waals surface area contributed by atoms with Crippen LogP contribution in [0.5, 0.6) is 0 Å². The van der Waals surface area contributed by atoms with Crippen LogP contribution in [0.2, 0.25) is 0 Å². The molecule has 0 N–H and O–H groups in total. The molecule has 0 aliphatic carbocycles. The van der Waals surface area contributed by atoms with Crippen molar-refractivity contribution in [2.24, 2.45) is 0 Å². The molecule has 18 heavy (non-hydrogen) atoms. The fourth-order valence-corrected chi connectivity index (χ4v) is 1.62. The number of alkyl halides is 3. The molecule has 2 nitrogen and oxygen atoms in total. The van der Waals surface area contributed by atoms with E-state index >= 15 is 0 Å². The summed E-state index contributed by atoms with van der Waals surface area (Å²) >= 11 is 0. The van der Waals surface area contributed by atoms with Gasteiger partial charge in [0.1, 0.15) is 5.92 Å². The van der Waals surface area contributed by atoms with E-state index in [9.17, 15) is 18.0 Å². The van der Waals surface area contributed by atoms with Crippen molar-refractivity contribution in [3.05, 3.63) is 35.4 Å². The Labute approximate surface area is 103 Å². The van der Waals surface area contributed by atoms with E-state index < -0.39 is 17.7 Å². The van der Waals surface area contributed by atoms with Crippen LogP contribution in [0.15, 0.2) is 24.3 Å². The zero-order valence-corrected chi connectivity index (χ0v) is 9.79. The molecule has 0 aliphatic rings. The highest BCUT2D eigenvalue weighted by Gasteiger charge is 2.31. The van der Waals surface area contributed by atoms with Crippen LogP contribution in [-0.2, 0) is 11.0 Å². The largest absolute Gasteiger partial charge is 0.416 e. The molecule has 1 atom stereocenters. The van der Waals surface area contributed by atoms with Crippen molar-refractivity contribution in [3.8, 4) is 6.07 Å². The van der Waals surface area contributed by atoms with Gasteiger partial charge in [0.15, 0.2) is 5.78 Å². The van der Waals surface area contributed by atoms with Crippen LogP contribution in [0.1, 0.15) is 36.8 Å². The Balaban J connectivity index is 3.09. The highest BCUT2D eigenvalue weighted by molar-refractivity contribution is 5.88. The van der Waals surface area contributed by atoms with Gasteiger partial charge < -0.3 is 0 Å². The van der Waals surface area contributed by atoms with Gasteiger partial charge in [-0.25, -0.2) is 0 Å². The zero-order chi connectivity index (χ0) is 13.8. The molecule has 0 spiro atoms. The summed E-state index contributed by atoms with van der Waals surface area (Å²) in [6.45, 7) is 1.78. The SMILES string of the molecule is CCCC(=O)C(C#N)c1cccc(C(F)(F)F)c1. The number of Topliss-reactive ketones (excluding diaryl/α,β-unsaturated/α-hetero) is 1. The first-order chi connectivity index (χ1) is 8.40. The van der Waals surface area contributed by atoms with Gasteiger partial charge in [-0.05, 0) is 18.1 Å². The molecule has 1 unspecified atom stereocenters. The minimum Gasteiger partial charge on any atom is -0.298 e. The standard InChI is InChI=1S/C13H12F3NO/c1-2-4-12(18)11(8-17)9-5-3-6-10(7-9)13(14,15)16/h3,5-7,11H,2,4H2,1H3. The van der Waals surface area contributed by atoms with Gasteiger partial charge in [-0.2, -0.15) is 18.4 Å². The molecule has 0 saturated carbocycles. The third-order valence-corrected chi connectivity index (χ3v) is 2.49. The molecule has 0 aromatic heterocycles. The molecule has 0 bridgehead atoms. The van der Waals surface area contributed by atoms with Crippen LogP contribution in [0.4, 0.5) is 13.2 Å². The van der Waals surface area contributed by atoms with E-state index in [1.54, 1.807) is 13.0 Å². The Morgan fingerprint density at radius 2 is 2.11 bits per heavy atom. The van der Waals surface area contributed by atoms with Crippen molar-refractivity contribution in [2.45, 2.75) is 31.9 Å². The average molecular weight is 255 g/mol. The number of rotatable bonds is 4. The molecular weight excluding hydrogens is 243 g/mol. The number of nitriles is 1. The molecule has 5 heteroatoms. The van der Waals surface area contributed by atoms with Crippen LogP contribution in [-0.4, -0.2) is 5.78 Å². The van der Waals surface area contributed by atoms with Gasteiger partial charge in [-0.15, -0.1) is 0 Å². The smallest absolute Gasteiger partial charge is 0.298 e.